The van der Waals surface area contributed by atoms with Gasteiger partial charge >= 0.3 is 0 Å². The van der Waals surface area contributed by atoms with Crippen LogP contribution in [0, 0.1) is 0 Å². The zero-order valence-electron chi connectivity index (χ0n) is 10.5. The fraction of sp³-hybridized carbons (Fsp3) is 0.909. The summed E-state index contributed by atoms with van der Waals surface area (Å²) < 4.78 is 22.4. The zero-order valence-corrected chi connectivity index (χ0v) is 11.3. The number of amides is 1. The molecule has 0 atom stereocenters. The minimum Gasteiger partial charge on any atom is -0.353 e. The van der Waals surface area contributed by atoms with Crippen molar-refractivity contribution in [2.45, 2.75) is 51.1 Å². The van der Waals surface area contributed by atoms with Crippen molar-refractivity contribution in [3.8, 4) is 0 Å². The monoisotopic (exact) mass is 262 g/mol. The first-order valence-electron chi connectivity index (χ1n) is 5.97. The normalized spacial score (nSPS) is 21.1. The number of nitrogens with one attached hydrogen (secondary N) is 1. The maximum Gasteiger partial charge on any atom is 0.220 e. The number of rotatable bonds is 4. The Balaban J connectivity index is 2.29. The molecule has 0 radical (unpaired) electrons. The largest absolute Gasteiger partial charge is 0.353 e. The maximum atomic E-state index is 11.6. The molecule has 1 amide bonds. The van der Waals surface area contributed by atoms with Gasteiger partial charge in [-0.2, -0.15) is 0 Å². The van der Waals surface area contributed by atoms with Crippen molar-refractivity contribution in [2.24, 2.45) is 5.73 Å². The van der Waals surface area contributed by atoms with E-state index in [4.69, 9.17) is 5.73 Å². The molecule has 0 spiro atoms. The van der Waals surface area contributed by atoms with Gasteiger partial charge in [0.25, 0.3) is 0 Å². The van der Waals surface area contributed by atoms with Crippen LogP contribution in [0.1, 0.15) is 39.5 Å². The average molecular weight is 262 g/mol. The van der Waals surface area contributed by atoms with Gasteiger partial charge in [0.15, 0.2) is 0 Å². The molecule has 1 heterocycles. The van der Waals surface area contributed by atoms with E-state index in [2.05, 4.69) is 5.32 Å². The van der Waals surface area contributed by atoms with Gasteiger partial charge in [-0.05, 0) is 33.1 Å². The second-order valence-electron chi connectivity index (χ2n) is 5.48. The molecule has 1 fully saturated rings. The van der Waals surface area contributed by atoms with E-state index in [9.17, 15) is 13.2 Å². The van der Waals surface area contributed by atoms with Gasteiger partial charge < -0.3 is 11.1 Å². The summed E-state index contributed by atoms with van der Waals surface area (Å²) in [7, 11) is -2.86. The predicted octanol–water partition coefficient (Wildman–Crippen LogP) is 0.197. The van der Waals surface area contributed by atoms with Crippen molar-refractivity contribution in [1.29, 1.82) is 0 Å². The zero-order chi connectivity index (χ0) is 13.1. The summed E-state index contributed by atoms with van der Waals surface area (Å²) >= 11 is 0. The molecule has 0 aromatic rings. The average Bonchev–Trinajstić information content (AvgIpc) is 2.17. The third kappa shape index (κ3) is 6.02. The van der Waals surface area contributed by atoms with Crippen molar-refractivity contribution in [3.05, 3.63) is 0 Å². The first-order valence-corrected chi connectivity index (χ1v) is 7.79. The van der Waals surface area contributed by atoms with Crippen LogP contribution in [0.15, 0.2) is 0 Å². The third-order valence-electron chi connectivity index (χ3n) is 2.92. The van der Waals surface area contributed by atoms with Crippen LogP contribution in [-0.4, -0.2) is 37.4 Å². The predicted molar refractivity (Wildman–Crippen MR) is 67.3 cm³/mol. The van der Waals surface area contributed by atoms with Gasteiger partial charge in [0.1, 0.15) is 9.84 Å². The molecule has 0 bridgehead atoms. The summed E-state index contributed by atoms with van der Waals surface area (Å²) in [4.78, 5) is 11.6. The first-order chi connectivity index (χ1) is 7.68. The lowest BCUT2D eigenvalue weighted by Crippen LogP contribution is -2.42. The third-order valence-corrected chi connectivity index (χ3v) is 4.63. The molecule has 1 rings (SSSR count). The van der Waals surface area contributed by atoms with Gasteiger partial charge in [-0.3, -0.25) is 4.79 Å². The molecule has 1 aliphatic heterocycles. The molecule has 0 saturated carbocycles. The fourth-order valence-electron chi connectivity index (χ4n) is 1.77. The number of nitrogens with two attached hydrogens (primary N) is 1. The van der Waals surface area contributed by atoms with Crippen LogP contribution < -0.4 is 11.1 Å². The highest BCUT2D eigenvalue weighted by Gasteiger charge is 2.24. The van der Waals surface area contributed by atoms with Crippen LogP contribution in [0.5, 0.6) is 0 Å². The summed E-state index contributed by atoms with van der Waals surface area (Å²) in [5, 5.41) is 2.87. The van der Waals surface area contributed by atoms with Gasteiger partial charge in [0.2, 0.25) is 5.91 Å². The molecule has 0 aromatic heterocycles. The Morgan fingerprint density at radius 1 is 1.35 bits per heavy atom. The first kappa shape index (κ1) is 14.4. The molecular weight excluding hydrogens is 240 g/mol. The van der Waals surface area contributed by atoms with Gasteiger partial charge in [-0.15, -0.1) is 0 Å². The number of carbonyl (C=O) groups excluding carboxylic acids is 1. The van der Waals surface area contributed by atoms with E-state index in [1.165, 1.54) is 0 Å². The number of sulfone groups is 1. The van der Waals surface area contributed by atoms with Gasteiger partial charge in [0.05, 0.1) is 11.5 Å². The minimum absolute atomic E-state index is 0.00640. The lowest BCUT2D eigenvalue weighted by atomic mass is 9.99. The van der Waals surface area contributed by atoms with E-state index in [1.807, 2.05) is 13.8 Å². The van der Waals surface area contributed by atoms with Crippen LogP contribution in [-0.2, 0) is 14.6 Å². The maximum absolute atomic E-state index is 11.6. The Morgan fingerprint density at radius 2 is 1.88 bits per heavy atom. The van der Waals surface area contributed by atoms with E-state index < -0.39 is 9.84 Å². The number of hydrogen-bond donors (Lipinski definition) is 2. The second kappa shape index (κ2) is 5.35. The Bertz CT molecular complexity index is 357. The Kier molecular flexibility index (Phi) is 4.55. The molecule has 0 aliphatic carbocycles. The van der Waals surface area contributed by atoms with Crippen LogP contribution in [0.2, 0.25) is 0 Å². The van der Waals surface area contributed by atoms with Gasteiger partial charge in [-0.1, -0.05) is 0 Å². The Morgan fingerprint density at radius 3 is 2.35 bits per heavy atom. The number of carbonyl (C=O) groups is 1. The van der Waals surface area contributed by atoms with Crippen LogP contribution in [0.3, 0.4) is 0 Å². The van der Waals surface area contributed by atoms with Crippen molar-refractivity contribution in [3.63, 3.8) is 0 Å². The molecule has 1 aliphatic rings. The van der Waals surface area contributed by atoms with E-state index >= 15 is 0 Å². The lowest BCUT2D eigenvalue weighted by Gasteiger charge is -2.24. The van der Waals surface area contributed by atoms with Crippen molar-refractivity contribution in [2.75, 3.05) is 11.5 Å². The second-order valence-corrected chi connectivity index (χ2v) is 7.79. The minimum atomic E-state index is -2.86. The summed E-state index contributed by atoms with van der Waals surface area (Å²) in [5.41, 5.74) is 5.45. The van der Waals surface area contributed by atoms with Crippen molar-refractivity contribution >= 4 is 15.7 Å². The SMILES string of the molecule is CC(C)(N)CCC(=O)NC1CCS(=O)(=O)CC1. The molecule has 100 valence electrons. The Hall–Kier alpha value is -0.620. The van der Waals surface area contributed by atoms with Crippen molar-refractivity contribution in [1.82, 2.24) is 5.32 Å². The van der Waals surface area contributed by atoms with Gasteiger partial charge in [-0.25, -0.2) is 8.42 Å². The van der Waals surface area contributed by atoms with Crippen LogP contribution in [0.4, 0.5) is 0 Å². The highest BCUT2D eigenvalue weighted by atomic mass is 32.2. The summed E-state index contributed by atoms with van der Waals surface area (Å²) in [6.45, 7) is 3.76. The molecule has 0 unspecified atom stereocenters. The Labute approximate surface area is 103 Å². The standard InChI is InChI=1S/C11H22N2O3S/c1-11(2,12)6-3-10(14)13-9-4-7-17(15,16)8-5-9/h9H,3-8,12H2,1-2H3,(H,13,14). The van der Waals surface area contributed by atoms with E-state index in [-0.39, 0.29) is 29.0 Å². The van der Waals surface area contributed by atoms with Gasteiger partial charge in [0, 0.05) is 18.0 Å². The summed E-state index contributed by atoms with van der Waals surface area (Å²) in [6.07, 6.45) is 2.08. The van der Waals surface area contributed by atoms with E-state index in [0.717, 1.165) is 0 Å². The van der Waals surface area contributed by atoms with E-state index in [1.54, 1.807) is 0 Å². The number of hydrogen-bond acceptors (Lipinski definition) is 4. The molecule has 3 N–H and O–H groups in total. The lowest BCUT2D eigenvalue weighted by molar-refractivity contribution is -0.122. The van der Waals surface area contributed by atoms with Crippen LogP contribution in [0.25, 0.3) is 0 Å². The molecule has 6 heteroatoms. The van der Waals surface area contributed by atoms with Crippen LogP contribution >= 0.6 is 0 Å². The fourth-order valence-corrected chi connectivity index (χ4v) is 3.26. The van der Waals surface area contributed by atoms with E-state index in [0.29, 0.717) is 25.7 Å². The summed E-state index contributed by atoms with van der Waals surface area (Å²) in [5.74, 6) is 0.327. The molecule has 0 aromatic carbocycles. The highest BCUT2D eigenvalue weighted by molar-refractivity contribution is 7.91. The smallest absolute Gasteiger partial charge is 0.220 e. The topological polar surface area (TPSA) is 89.3 Å². The summed E-state index contributed by atoms with van der Waals surface area (Å²) in [6, 6.07) is 0.00640. The van der Waals surface area contributed by atoms with Crippen molar-refractivity contribution < 1.29 is 13.2 Å². The molecule has 1 saturated heterocycles. The molecule has 5 nitrogen and oxygen atoms in total. The molecular formula is C11H22N2O3S. The molecule has 17 heavy (non-hydrogen) atoms. The quantitative estimate of drug-likeness (QED) is 0.757. The highest BCUT2D eigenvalue weighted by Crippen LogP contribution is 2.13.